The van der Waals surface area contributed by atoms with E-state index in [4.69, 9.17) is 5.73 Å². The SMILES string of the molecule is Cc1cccc([C@H](C)NC(=O)c2nonc2N)c1. The van der Waals surface area contributed by atoms with Crippen LogP contribution in [0.15, 0.2) is 28.9 Å². The number of amides is 1. The van der Waals surface area contributed by atoms with Gasteiger partial charge in [-0.1, -0.05) is 29.8 Å². The summed E-state index contributed by atoms with van der Waals surface area (Å²) >= 11 is 0. The third-order valence-corrected chi connectivity index (χ3v) is 2.62. The first-order chi connectivity index (χ1) is 8.58. The molecule has 1 amide bonds. The van der Waals surface area contributed by atoms with Crippen LogP contribution in [0, 0.1) is 6.92 Å². The fourth-order valence-corrected chi connectivity index (χ4v) is 1.64. The first-order valence-corrected chi connectivity index (χ1v) is 5.53. The lowest BCUT2D eigenvalue weighted by molar-refractivity contribution is 0.0930. The summed E-state index contributed by atoms with van der Waals surface area (Å²) in [6.45, 7) is 3.88. The molecular weight excluding hydrogens is 232 g/mol. The average Bonchev–Trinajstić information content (AvgIpc) is 2.75. The predicted molar refractivity (Wildman–Crippen MR) is 65.8 cm³/mol. The Balaban J connectivity index is 2.10. The van der Waals surface area contributed by atoms with Crippen molar-refractivity contribution in [1.82, 2.24) is 15.6 Å². The smallest absolute Gasteiger partial charge is 0.277 e. The van der Waals surface area contributed by atoms with Gasteiger partial charge in [0.05, 0.1) is 6.04 Å². The Labute approximate surface area is 104 Å². The summed E-state index contributed by atoms with van der Waals surface area (Å²) < 4.78 is 4.39. The lowest BCUT2D eigenvalue weighted by atomic mass is 10.1. The number of carbonyl (C=O) groups is 1. The zero-order chi connectivity index (χ0) is 13.1. The Hall–Kier alpha value is -2.37. The first kappa shape index (κ1) is 12.1. The molecule has 0 saturated carbocycles. The van der Waals surface area contributed by atoms with Gasteiger partial charge < -0.3 is 11.1 Å². The van der Waals surface area contributed by atoms with Gasteiger partial charge in [-0.3, -0.25) is 4.79 Å². The van der Waals surface area contributed by atoms with E-state index in [1.54, 1.807) is 0 Å². The highest BCUT2D eigenvalue weighted by molar-refractivity contribution is 5.96. The van der Waals surface area contributed by atoms with Gasteiger partial charge in [-0.05, 0) is 29.7 Å². The molecule has 2 rings (SSSR count). The second-order valence-corrected chi connectivity index (χ2v) is 4.11. The maximum Gasteiger partial charge on any atom is 0.277 e. The summed E-state index contributed by atoms with van der Waals surface area (Å²) in [5, 5.41) is 9.60. The minimum atomic E-state index is -0.400. The molecule has 0 aliphatic rings. The number of anilines is 1. The highest BCUT2D eigenvalue weighted by Crippen LogP contribution is 2.15. The standard InChI is InChI=1S/C12H14N4O2/c1-7-4-3-5-9(6-7)8(2)14-12(17)10-11(13)16-18-15-10/h3-6,8H,1-2H3,(H2,13,16)(H,14,17)/t8-/m0/s1. The van der Waals surface area contributed by atoms with E-state index in [1.807, 2.05) is 38.1 Å². The van der Waals surface area contributed by atoms with E-state index in [2.05, 4.69) is 20.3 Å². The molecule has 0 saturated heterocycles. The largest absolute Gasteiger partial charge is 0.379 e. The van der Waals surface area contributed by atoms with E-state index in [-0.39, 0.29) is 17.6 Å². The van der Waals surface area contributed by atoms with Gasteiger partial charge >= 0.3 is 0 Å². The van der Waals surface area contributed by atoms with Crippen molar-refractivity contribution in [2.24, 2.45) is 0 Å². The van der Waals surface area contributed by atoms with Crippen molar-refractivity contribution in [3.63, 3.8) is 0 Å². The fourth-order valence-electron chi connectivity index (χ4n) is 1.64. The van der Waals surface area contributed by atoms with Gasteiger partial charge in [0.2, 0.25) is 11.5 Å². The number of nitrogens with two attached hydrogens (primary N) is 1. The van der Waals surface area contributed by atoms with Gasteiger partial charge in [-0.2, -0.15) is 0 Å². The van der Waals surface area contributed by atoms with Crippen LogP contribution >= 0.6 is 0 Å². The first-order valence-electron chi connectivity index (χ1n) is 5.53. The number of aromatic nitrogens is 2. The molecule has 0 radical (unpaired) electrons. The zero-order valence-electron chi connectivity index (χ0n) is 10.2. The molecule has 1 aromatic heterocycles. The van der Waals surface area contributed by atoms with Crippen molar-refractivity contribution >= 4 is 11.7 Å². The molecule has 0 spiro atoms. The molecule has 3 N–H and O–H groups in total. The monoisotopic (exact) mass is 246 g/mol. The molecule has 6 heteroatoms. The van der Waals surface area contributed by atoms with Crippen molar-refractivity contribution in [3.05, 3.63) is 41.1 Å². The zero-order valence-corrected chi connectivity index (χ0v) is 10.2. The molecule has 0 bridgehead atoms. The Kier molecular flexibility index (Phi) is 3.27. The second kappa shape index (κ2) is 4.87. The van der Waals surface area contributed by atoms with E-state index in [1.165, 1.54) is 0 Å². The van der Waals surface area contributed by atoms with E-state index in [0.717, 1.165) is 11.1 Å². The summed E-state index contributed by atoms with van der Waals surface area (Å²) in [6.07, 6.45) is 0. The molecule has 94 valence electrons. The highest BCUT2D eigenvalue weighted by Gasteiger charge is 2.18. The molecule has 2 aromatic rings. The molecule has 0 aliphatic heterocycles. The quantitative estimate of drug-likeness (QED) is 0.854. The molecule has 0 fully saturated rings. The molecule has 6 nitrogen and oxygen atoms in total. The summed E-state index contributed by atoms with van der Waals surface area (Å²) in [5.74, 6) is -0.410. The second-order valence-electron chi connectivity index (χ2n) is 4.11. The normalized spacial score (nSPS) is 12.1. The van der Waals surface area contributed by atoms with Gasteiger partial charge in [0.25, 0.3) is 5.91 Å². The Morgan fingerprint density at radius 3 is 2.83 bits per heavy atom. The van der Waals surface area contributed by atoms with E-state index in [0.29, 0.717) is 0 Å². The van der Waals surface area contributed by atoms with Gasteiger partial charge in [0, 0.05) is 0 Å². The predicted octanol–water partition coefficient (Wildman–Crippen LogP) is 1.45. The number of nitrogen functional groups attached to an aromatic ring is 1. The molecule has 18 heavy (non-hydrogen) atoms. The Bertz CT molecular complexity index is 565. The maximum absolute atomic E-state index is 11.8. The number of nitrogens with zero attached hydrogens (tertiary/aromatic N) is 2. The summed E-state index contributed by atoms with van der Waals surface area (Å²) in [4.78, 5) is 11.8. The number of aryl methyl sites for hydroxylation is 1. The van der Waals surface area contributed by atoms with Crippen LogP contribution < -0.4 is 11.1 Å². The molecule has 0 unspecified atom stereocenters. The van der Waals surface area contributed by atoms with E-state index >= 15 is 0 Å². The number of hydrogen-bond acceptors (Lipinski definition) is 5. The Morgan fingerprint density at radius 1 is 1.44 bits per heavy atom. The van der Waals surface area contributed by atoms with Crippen LogP contribution in [0.1, 0.15) is 34.6 Å². The number of carbonyl (C=O) groups excluding carboxylic acids is 1. The third-order valence-electron chi connectivity index (χ3n) is 2.62. The average molecular weight is 246 g/mol. The molecular formula is C12H14N4O2. The molecule has 1 aromatic carbocycles. The van der Waals surface area contributed by atoms with E-state index < -0.39 is 5.91 Å². The number of benzene rings is 1. The minimum Gasteiger partial charge on any atom is -0.379 e. The van der Waals surface area contributed by atoms with Crippen LogP contribution in [0.25, 0.3) is 0 Å². The number of rotatable bonds is 3. The molecule has 1 atom stereocenters. The van der Waals surface area contributed by atoms with Gasteiger partial charge in [0.15, 0.2) is 0 Å². The molecule has 0 aliphatic carbocycles. The lowest BCUT2D eigenvalue weighted by Gasteiger charge is -2.13. The van der Waals surface area contributed by atoms with E-state index in [9.17, 15) is 4.79 Å². The van der Waals surface area contributed by atoms with Crippen molar-refractivity contribution in [1.29, 1.82) is 0 Å². The maximum atomic E-state index is 11.8. The van der Waals surface area contributed by atoms with Crippen molar-refractivity contribution in [3.8, 4) is 0 Å². The Morgan fingerprint density at radius 2 is 2.22 bits per heavy atom. The van der Waals surface area contributed by atoms with Gasteiger partial charge in [-0.25, -0.2) is 4.63 Å². The van der Waals surface area contributed by atoms with Crippen LogP contribution in [-0.2, 0) is 0 Å². The van der Waals surface area contributed by atoms with Crippen LogP contribution in [0.3, 0.4) is 0 Å². The number of nitrogens with one attached hydrogen (secondary N) is 1. The highest BCUT2D eigenvalue weighted by atomic mass is 16.6. The summed E-state index contributed by atoms with van der Waals surface area (Å²) in [7, 11) is 0. The number of hydrogen-bond donors (Lipinski definition) is 2. The topological polar surface area (TPSA) is 94.0 Å². The van der Waals surface area contributed by atoms with Crippen molar-refractivity contribution in [2.45, 2.75) is 19.9 Å². The van der Waals surface area contributed by atoms with Crippen molar-refractivity contribution in [2.75, 3.05) is 5.73 Å². The lowest BCUT2D eigenvalue weighted by Crippen LogP contribution is -2.27. The summed E-state index contributed by atoms with van der Waals surface area (Å²) in [6, 6.07) is 7.75. The third kappa shape index (κ3) is 2.48. The van der Waals surface area contributed by atoms with Gasteiger partial charge in [0.1, 0.15) is 0 Å². The fraction of sp³-hybridized carbons (Fsp3) is 0.250. The van der Waals surface area contributed by atoms with Crippen molar-refractivity contribution < 1.29 is 9.42 Å². The van der Waals surface area contributed by atoms with Gasteiger partial charge in [-0.15, -0.1) is 0 Å². The van der Waals surface area contributed by atoms with Crippen LogP contribution in [0.2, 0.25) is 0 Å². The molecule has 1 heterocycles. The minimum absolute atomic E-state index is 0.00880. The van der Waals surface area contributed by atoms with Crippen LogP contribution in [-0.4, -0.2) is 16.2 Å². The van der Waals surface area contributed by atoms with Crippen LogP contribution in [0.4, 0.5) is 5.82 Å². The summed E-state index contributed by atoms with van der Waals surface area (Å²) in [5.41, 5.74) is 7.61. The van der Waals surface area contributed by atoms with Crippen LogP contribution in [0.5, 0.6) is 0 Å².